The van der Waals surface area contributed by atoms with E-state index in [2.05, 4.69) is 5.32 Å². The number of nitrogens with one attached hydrogen (secondary N) is 2. The number of hydrogen-bond donors (Lipinski definition) is 5. The summed E-state index contributed by atoms with van der Waals surface area (Å²) < 4.78 is 0. The number of hydrogen-bond acceptors (Lipinski definition) is 4. The Morgan fingerprint density at radius 3 is 2.28 bits per heavy atom. The molecule has 2 amide bonds. The van der Waals surface area contributed by atoms with Crippen molar-refractivity contribution in [2.45, 2.75) is 13.0 Å². The van der Waals surface area contributed by atoms with Crippen LogP contribution in [-0.4, -0.2) is 17.6 Å². The molecule has 8 N–H and O–H groups in total. The summed E-state index contributed by atoms with van der Waals surface area (Å²) in [5, 5.41) is 11.5. The van der Waals surface area contributed by atoms with Gasteiger partial charge >= 0.3 is 0 Å². The van der Waals surface area contributed by atoms with Crippen LogP contribution in [0.2, 0.25) is 5.02 Å². The van der Waals surface area contributed by atoms with E-state index in [4.69, 9.17) is 34.2 Å². The van der Waals surface area contributed by atoms with E-state index in [1.54, 1.807) is 48.5 Å². The molecule has 0 bridgehead atoms. The highest BCUT2D eigenvalue weighted by molar-refractivity contribution is 6.32. The minimum Gasteiger partial charge on any atom is -0.384 e. The Labute approximate surface area is 196 Å². The van der Waals surface area contributed by atoms with E-state index < -0.39 is 11.8 Å². The maximum atomic E-state index is 11.9. The van der Waals surface area contributed by atoms with Crippen LogP contribution in [0.4, 0.5) is 5.69 Å². The van der Waals surface area contributed by atoms with E-state index in [0.29, 0.717) is 45.9 Å². The van der Waals surface area contributed by atoms with E-state index in [0.717, 1.165) is 11.1 Å². The quantitative estimate of drug-likeness (QED) is 0.252. The van der Waals surface area contributed by atoms with E-state index in [-0.39, 0.29) is 18.2 Å². The van der Waals surface area contributed by atoms with Crippen molar-refractivity contribution < 1.29 is 9.59 Å². The van der Waals surface area contributed by atoms with Crippen LogP contribution in [-0.2, 0) is 13.0 Å². The van der Waals surface area contributed by atoms with Crippen molar-refractivity contribution >= 4 is 47.3 Å². The normalized spacial score (nSPS) is 10.2. The summed E-state index contributed by atoms with van der Waals surface area (Å²) in [5.74, 6) is -1.13. The van der Waals surface area contributed by atoms with Crippen LogP contribution >= 0.6 is 24.0 Å². The lowest BCUT2D eigenvalue weighted by molar-refractivity contribution is 0.0991. The number of carbonyl (C=O) groups excluding carboxylic acids is 2. The van der Waals surface area contributed by atoms with E-state index in [9.17, 15) is 9.59 Å². The van der Waals surface area contributed by atoms with Crippen molar-refractivity contribution in [1.82, 2.24) is 0 Å². The molecule has 0 saturated carbocycles. The highest BCUT2D eigenvalue weighted by Gasteiger charge is 2.15. The van der Waals surface area contributed by atoms with Crippen LogP contribution < -0.4 is 22.5 Å². The fraction of sp³-hybridized carbons (Fsp3) is 0.0870. The second kappa shape index (κ2) is 10.7. The molecule has 0 saturated heterocycles. The Hall–Kier alpha value is -3.55. The molecule has 7 nitrogen and oxygen atoms in total. The summed E-state index contributed by atoms with van der Waals surface area (Å²) in [7, 11) is 0. The summed E-state index contributed by atoms with van der Waals surface area (Å²) in [6.45, 7) is 0.403. The standard InChI is InChI=1S/C23H22ClN5O2.ClH/c24-19-6-2-5-17(23(28)31)18(19)10-14-7-8-15(21(25)26)11-20(14)29-12-13-3-1-4-16(9-13)22(27)30;/h1-9,11,29H,10,12H2,(H3,25,26)(H2,27,30)(H2,28,31);1H. The first kappa shape index (κ1) is 24.7. The number of carbonyl (C=O) groups is 2. The molecule has 0 radical (unpaired) electrons. The Morgan fingerprint density at radius 1 is 0.906 bits per heavy atom. The average molecular weight is 472 g/mol. The minimum absolute atomic E-state index is 0. The number of primary amides is 2. The van der Waals surface area contributed by atoms with Gasteiger partial charge in [0, 0.05) is 40.4 Å². The van der Waals surface area contributed by atoms with E-state index >= 15 is 0 Å². The van der Waals surface area contributed by atoms with Gasteiger partial charge in [-0.1, -0.05) is 41.9 Å². The molecule has 0 spiro atoms. The molecule has 0 heterocycles. The molecule has 166 valence electrons. The second-order valence-corrected chi connectivity index (χ2v) is 7.42. The summed E-state index contributed by atoms with van der Waals surface area (Å²) in [4.78, 5) is 23.3. The molecular formula is C23H23Cl2N5O2. The summed E-state index contributed by atoms with van der Waals surface area (Å²) in [5.41, 5.74) is 20.9. The van der Waals surface area contributed by atoms with Crippen molar-refractivity contribution in [1.29, 1.82) is 5.41 Å². The zero-order valence-electron chi connectivity index (χ0n) is 17.0. The second-order valence-electron chi connectivity index (χ2n) is 7.01. The van der Waals surface area contributed by atoms with Gasteiger partial charge in [0.1, 0.15) is 5.84 Å². The minimum atomic E-state index is -0.560. The van der Waals surface area contributed by atoms with Crippen molar-refractivity contribution in [3.63, 3.8) is 0 Å². The van der Waals surface area contributed by atoms with Gasteiger partial charge in [0.05, 0.1) is 0 Å². The van der Waals surface area contributed by atoms with Gasteiger partial charge in [-0.15, -0.1) is 12.4 Å². The number of rotatable bonds is 8. The zero-order chi connectivity index (χ0) is 22.5. The molecule has 0 aliphatic carbocycles. The monoisotopic (exact) mass is 471 g/mol. The van der Waals surface area contributed by atoms with E-state index in [1.807, 2.05) is 12.1 Å². The maximum Gasteiger partial charge on any atom is 0.249 e. The third-order valence-corrected chi connectivity index (χ3v) is 5.22. The van der Waals surface area contributed by atoms with Gasteiger partial charge in [0.2, 0.25) is 11.8 Å². The molecule has 0 aromatic heterocycles. The molecule has 0 atom stereocenters. The van der Waals surface area contributed by atoms with Gasteiger partial charge in [0.15, 0.2) is 0 Å². The molecule has 3 aromatic carbocycles. The number of benzene rings is 3. The predicted octanol–water partition coefficient (Wildman–Crippen LogP) is 3.45. The fourth-order valence-corrected chi connectivity index (χ4v) is 3.50. The Kier molecular flexibility index (Phi) is 8.23. The molecule has 3 rings (SSSR count). The van der Waals surface area contributed by atoms with Gasteiger partial charge in [-0.2, -0.15) is 0 Å². The zero-order valence-corrected chi connectivity index (χ0v) is 18.6. The van der Waals surface area contributed by atoms with Gasteiger partial charge in [-0.25, -0.2) is 0 Å². The number of nitrogen functional groups attached to an aromatic ring is 1. The number of halogens is 2. The number of nitrogens with two attached hydrogens (primary N) is 3. The van der Waals surface area contributed by atoms with Crippen molar-refractivity contribution in [2.75, 3.05) is 5.32 Å². The SMILES string of the molecule is Cl.N=C(N)c1ccc(Cc2c(Cl)cccc2C(N)=O)c(NCc2cccc(C(N)=O)c2)c1. The van der Waals surface area contributed by atoms with Crippen LogP contribution in [0.25, 0.3) is 0 Å². The molecule has 0 unspecified atom stereocenters. The van der Waals surface area contributed by atoms with Crippen LogP contribution in [0.3, 0.4) is 0 Å². The number of anilines is 1. The van der Waals surface area contributed by atoms with Gasteiger partial charge in [-0.3, -0.25) is 15.0 Å². The first-order chi connectivity index (χ1) is 14.8. The Bertz CT molecular complexity index is 1180. The summed E-state index contributed by atoms with van der Waals surface area (Å²) in [6, 6.07) is 17.3. The third-order valence-electron chi connectivity index (χ3n) is 4.87. The average Bonchev–Trinajstić information content (AvgIpc) is 2.74. The first-order valence-corrected chi connectivity index (χ1v) is 9.81. The topological polar surface area (TPSA) is 148 Å². The first-order valence-electron chi connectivity index (χ1n) is 9.43. The maximum absolute atomic E-state index is 11.9. The molecule has 0 fully saturated rings. The van der Waals surface area contributed by atoms with Gasteiger partial charge in [0.25, 0.3) is 0 Å². The largest absolute Gasteiger partial charge is 0.384 e. The Morgan fingerprint density at radius 2 is 1.62 bits per heavy atom. The van der Waals surface area contributed by atoms with E-state index in [1.165, 1.54) is 0 Å². The molecule has 0 aliphatic rings. The summed E-state index contributed by atoms with van der Waals surface area (Å²) >= 11 is 6.35. The molecule has 0 aliphatic heterocycles. The van der Waals surface area contributed by atoms with Crippen LogP contribution in [0.15, 0.2) is 60.7 Å². The summed E-state index contributed by atoms with van der Waals surface area (Å²) in [6.07, 6.45) is 0.347. The smallest absolute Gasteiger partial charge is 0.249 e. The molecule has 3 aromatic rings. The third kappa shape index (κ3) is 5.78. The lowest BCUT2D eigenvalue weighted by Crippen LogP contribution is -2.15. The van der Waals surface area contributed by atoms with Crippen LogP contribution in [0.5, 0.6) is 0 Å². The van der Waals surface area contributed by atoms with Crippen molar-refractivity contribution in [3.8, 4) is 0 Å². The molecular weight excluding hydrogens is 449 g/mol. The van der Waals surface area contributed by atoms with Crippen molar-refractivity contribution in [3.05, 3.63) is 99.1 Å². The van der Waals surface area contributed by atoms with Crippen molar-refractivity contribution in [2.24, 2.45) is 17.2 Å². The predicted molar refractivity (Wildman–Crippen MR) is 130 cm³/mol. The van der Waals surface area contributed by atoms with Gasteiger partial charge in [-0.05, 0) is 47.0 Å². The highest BCUT2D eigenvalue weighted by atomic mass is 35.5. The number of amidine groups is 1. The lowest BCUT2D eigenvalue weighted by Gasteiger charge is -2.16. The van der Waals surface area contributed by atoms with Gasteiger partial charge < -0.3 is 22.5 Å². The number of amides is 2. The van der Waals surface area contributed by atoms with Crippen LogP contribution in [0.1, 0.15) is 43.0 Å². The lowest BCUT2D eigenvalue weighted by atomic mass is 9.96. The van der Waals surface area contributed by atoms with Crippen LogP contribution in [0, 0.1) is 5.41 Å². The highest BCUT2D eigenvalue weighted by Crippen LogP contribution is 2.28. The molecule has 9 heteroatoms. The Balaban J connectivity index is 0.00000363. The fourth-order valence-electron chi connectivity index (χ4n) is 3.25. The molecule has 32 heavy (non-hydrogen) atoms.